The van der Waals surface area contributed by atoms with Gasteiger partial charge in [0.15, 0.2) is 6.10 Å². The number of nitrogens with one attached hydrogen (secondary N) is 1. The summed E-state index contributed by atoms with van der Waals surface area (Å²) in [4.78, 5) is 22.7. The summed E-state index contributed by atoms with van der Waals surface area (Å²) in [6.07, 6.45) is 2.04. The number of hydrogen-bond donors (Lipinski definition) is 1. The van der Waals surface area contributed by atoms with Crippen LogP contribution in [0.25, 0.3) is 22.3 Å². The Morgan fingerprint density at radius 1 is 1.10 bits per heavy atom. The minimum atomic E-state index is -0.569. The van der Waals surface area contributed by atoms with Crippen molar-refractivity contribution in [3.8, 4) is 17.0 Å². The number of amides is 1. The van der Waals surface area contributed by atoms with Crippen LogP contribution in [0, 0.1) is 6.92 Å². The minimum Gasteiger partial charge on any atom is -0.481 e. The number of aromatic nitrogens is 2. The molecule has 0 bridgehead atoms. The first-order valence-corrected chi connectivity index (χ1v) is 10.8. The Morgan fingerprint density at radius 2 is 1.87 bits per heavy atom. The zero-order valence-corrected chi connectivity index (χ0v) is 17.8. The van der Waals surface area contributed by atoms with Crippen LogP contribution in [-0.4, -0.2) is 28.5 Å². The van der Waals surface area contributed by atoms with E-state index in [1.54, 1.807) is 24.5 Å². The van der Waals surface area contributed by atoms with Gasteiger partial charge in [-0.2, -0.15) is 0 Å². The van der Waals surface area contributed by atoms with E-state index in [9.17, 15) is 4.79 Å². The maximum atomic E-state index is 12.3. The minimum absolute atomic E-state index is 0.117. The third-order valence-corrected chi connectivity index (χ3v) is 5.98. The monoisotopic (exact) mass is 417 g/mol. The molecular weight excluding hydrogens is 394 g/mol. The molecule has 1 N–H and O–H groups in total. The van der Waals surface area contributed by atoms with Crippen molar-refractivity contribution in [2.75, 3.05) is 6.54 Å². The molecule has 0 radical (unpaired) electrons. The summed E-state index contributed by atoms with van der Waals surface area (Å²) in [5, 5.41) is 5.02. The van der Waals surface area contributed by atoms with Crippen LogP contribution >= 0.6 is 11.3 Å². The van der Waals surface area contributed by atoms with E-state index in [2.05, 4.69) is 33.7 Å². The quantitative estimate of drug-likeness (QED) is 0.469. The van der Waals surface area contributed by atoms with E-state index in [0.717, 1.165) is 28.7 Å². The molecule has 0 fully saturated rings. The van der Waals surface area contributed by atoms with Crippen molar-refractivity contribution in [1.82, 2.24) is 15.3 Å². The Morgan fingerprint density at radius 3 is 2.60 bits per heavy atom. The summed E-state index contributed by atoms with van der Waals surface area (Å²) in [6, 6.07) is 17.4. The highest BCUT2D eigenvalue weighted by Gasteiger charge is 2.14. The molecule has 1 atom stereocenters. The largest absolute Gasteiger partial charge is 0.481 e. The van der Waals surface area contributed by atoms with Crippen LogP contribution in [0.15, 0.2) is 66.2 Å². The molecule has 30 heavy (non-hydrogen) atoms. The second-order valence-electron chi connectivity index (χ2n) is 7.10. The average Bonchev–Trinajstić information content (AvgIpc) is 3.18. The number of benzene rings is 2. The topological polar surface area (TPSA) is 64.1 Å². The first kappa shape index (κ1) is 20.0. The van der Waals surface area contributed by atoms with Gasteiger partial charge in [0.05, 0.1) is 22.9 Å². The van der Waals surface area contributed by atoms with Crippen LogP contribution in [0.4, 0.5) is 0 Å². The van der Waals surface area contributed by atoms with E-state index in [-0.39, 0.29) is 5.91 Å². The third-order valence-electron chi connectivity index (χ3n) is 4.90. The molecule has 4 rings (SSSR count). The molecule has 0 spiro atoms. The lowest BCUT2D eigenvalue weighted by molar-refractivity contribution is -0.127. The van der Waals surface area contributed by atoms with Crippen molar-refractivity contribution >= 4 is 28.3 Å². The number of para-hydroxylation sites is 2. The Balaban J connectivity index is 1.34. The summed E-state index contributed by atoms with van der Waals surface area (Å²) in [5.41, 5.74) is 4.75. The van der Waals surface area contributed by atoms with E-state index < -0.39 is 6.10 Å². The molecule has 0 saturated heterocycles. The number of ether oxygens (including phenoxy) is 1. The van der Waals surface area contributed by atoms with Crippen LogP contribution in [0.2, 0.25) is 0 Å². The molecule has 2 aromatic carbocycles. The molecule has 2 aromatic heterocycles. The van der Waals surface area contributed by atoms with Crippen LogP contribution in [-0.2, 0) is 11.2 Å². The van der Waals surface area contributed by atoms with Crippen molar-refractivity contribution in [2.24, 2.45) is 0 Å². The smallest absolute Gasteiger partial charge is 0.260 e. The fourth-order valence-corrected chi connectivity index (χ4v) is 4.07. The van der Waals surface area contributed by atoms with E-state index in [0.29, 0.717) is 12.3 Å². The lowest BCUT2D eigenvalue weighted by Crippen LogP contribution is -2.37. The van der Waals surface area contributed by atoms with Gasteiger partial charge in [-0.15, -0.1) is 11.3 Å². The summed E-state index contributed by atoms with van der Waals surface area (Å²) in [6.45, 7) is 4.45. The molecule has 0 aliphatic carbocycles. The second-order valence-corrected chi connectivity index (χ2v) is 8.10. The van der Waals surface area contributed by atoms with Gasteiger partial charge in [0.1, 0.15) is 5.75 Å². The first-order valence-electron chi connectivity index (χ1n) is 9.90. The highest BCUT2D eigenvalue weighted by molar-refractivity contribution is 7.10. The van der Waals surface area contributed by atoms with E-state index in [4.69, 9.17) is 4.74 Å². The lowest BCUT2D eigenvalue weighted by Gasteiger charge is -2.15. The number of carbonyl (C=O) groups is 1. The normalized spacial score (nSPS) is 11.9. The average molecular weight is 418 g/mol. The fourth-order valence-electron chi connectivity index (χ4n) is 3.16. The number of hydrogen-bond acceptors (Lipinski definition) is 5. The van der Waals surface area contributed by atoms with Gasteiger partial charge < -0.3 is 10.1 Å². The van der Waals surface area contributed by atoms with Gasteiger partial charge in [0.2, 0.25) is 0 Å². The Hall–Kier alpha value is -3.25. The predicted molar refractivity (Wildman–Crippen MR) is 121 cm³/mol. The van der Waals surface area contributed by atoms with Gasteiger partial charge in [0.25, 0.3) is 5.91 Å². The molecule has 1 amide bonds. The van der Waals surface area contributed by atoms with Gasteiger partial charge in [-0.1, -0.05) is 12.1 Å². The summed E-state index contributed by atoms with van der Waals surface area (Å²) >= 11 is 1.72. The molecule has 0 saturated carbocycles. The Bertz CT molecular complexity index is 1150. The Kier molecular flexibility index (Phi) is 6.05. The molecule has 152 valence electrons. The van der Waals surface area contributed by atoms with Gasteiger partial charge >= 0.3 is 0 Å². The van der Waals surface area contributed by atoms with Crippen LogP contribution in [0.1, 0.15) is 17.4 Å². The standard InChI is InChI=1S/C24H23N3O2S/c1-16-12-14-30-23(16)11-13-25-24(28)17(2)29-19-9-7-18(8-10-19)22-15-26-20-5-3-4-6-21(20)27-22/h3-10,12,14-15,17H,11,13H2,1-2H3,(H,25,28). The van der Waals surface area contributed by atoms with Crippen LogP contribution in [0.5, 0.6) is 5.75 Å². The zero-order chi connectivity index (χ0) is 20.9. The summed E-state index contributed by atoms with van der Waals surface area (Å²) < 4.78 is 5.80. The number of aryl methyl sites for hydroxylation is 1. The van der Waals surface area contributed by atoms with E-state index in [1.807, 2.05) is 48.5 Å². The third kappa shape index (κ3) is 4.66. The zero-order valence-electron chi connectivity index (χ0n) is 17.0. The molecule has 5 nitrogen and oxygen atoms in total. The molecule has 1 unspecified atom stereocenters. The summed E-state index contributed by atoms with van der Waals surface area (Å²) in [5.74, 6) is 0.526. The number of thiophene rings is 1. The van der Waals surface area contributed by atoms with Gasteiger partial charge in [0, 0.05) is 17.0 Å². The van der Waals surface area contributed by atoms with Crippen molar-refractivity contribution in [1.29, 1.82) is 0 Å². The van der Waals surface area contributed by atoms with Crippen LogP contribution < -0.4 is 10.1 Å². The highest BCUT2D eigenvalue weighted by atomic mass is 32.1. The van der Waals surface area contributed by atoms with E-state index >= 15 is 0 Å². The number of fused-ring (bicyclic) bond motifs is 1. The van der Waals surface area contributed by atoms with Crippen molar-refractivity contribution in [3.63, 3.8) is 0 Å². The lowest BCUT2D eigenvalue weighted by atomic mass is 10.1. The molecule has 2 heterocycles. The van der Waals surface area contributed by atoms with Crippen LogP contribution in [0.3, 0.4) is 0 Å². The number of nitrogens with zero attached hydrogens (tertiary/aromatic N) is 2. The second kappa shape index (κ2) is 9.05. The predicted octanol–water partition coefficient (Wildman–Crippen LogP) is 4.79. The molecule has 0 aliphatic heterocycles. The van der Waals surface area contributed by atoms with Crippen molar-refractivity contribution in [3.05, 3.63) is 76.6 Å². The summed E-state index contributed by atoms with van der Waals surface area (Å²) in [7, 11) is 0. The maximum absolute atomic E-state index is 12.3. The van der Waals surface area contributed by atoms with Crippen molar-refractivity contribution in [2.45, 2.75) is 26.4 Å². The Labute approximate surface area is 179 Å². The molecule has 0 aliphatic rings. The van der Waals surface area contributed by atoms with Gasteiger partial charge in [-0.25, -0.2) is 4.98 Å². The maximum Gasteiger partial charge on any atom is 0.260 e. The van der Waals surface area contributed by atoms with Gasteiger partial charge in [-0.3, -0.25) is 9.78 Å². The number of carbonyl (C=O) groups excluding carboxylic acids is 1. The molecular formula is C24H23N3O2S. The van der Waals surface area contributed by atoms with Crippen molar-refractivity contribution < 1.29 is 9.53 Å². The first-order chi connectivity index (χ1) is 14.6. The fraction of sp³-hybridized carbons (Fsp3) is 0.208. The number of rotatable bonds is 7. The highest BCUT2D eigenvalue weighted by Crippen LogP contribution is 2.22. The molecule has 6 heteroatoms. The SMILES string of the molecule is Cc1ccsc1CCNC(=O)C(C)Oc1ccc(-c2cnc3ccccc3n2)cc1. The van der Waals surface area contributed by atoms with E-state index in [1.165, 1.54) is 10.4 Å². The van der Waals surface area contributed by atoms with Gasteiger partial charge in [-0.05, 0) is 73.7 Å². The molecule has 4 aromatic rings.